The number of carboxylic acid groups (broad SMARTS) is 1. The fourth-order valence-electron chi connectivity index (χ4n) is 2.09. The summed E-state index contributed by atoms with van der Waals surface area (Å²) in [7, 11) is 0. The molecule has 0 aromatic heterocycles. The van der Waals surface area contributed by atoms with Crippen LogP contribution in [0.3, 0.4) is 0 Å². The zero-order chi connectivity index (χ0) is 15.2. The monoisotopic (exact) mass is 296 g/mol. The van der Waals surface area contributed by atoms with Crippen molar-refractivity contribution in [1.82, 2.24) is 5.32 Å². The van der Waals surface area contributed by atoms with Crippen LogP contribution in [0.4, 0.5) is 14.9 Å². The molecule has 114 valence electrons. The summed E-state index contributed by atoms with van der Waals surface area (Å²) in [5.41, 5.74) is -0.240. The molecule has 0 aliphatic carbocycles. The molecule has 21 heavy (non-hydrogen) atoms. The number of ether oxygens (including phenoxy) is 1. The highest BCUT2D eigenvalue weighted by molar-refractivity contribution is 5.91. The Labute approximate surface area is 121 Å². The Morgan fingerprint density at radius 1 is 1.38 bits per heavy atom. The number of anilines is 1. The molecule has 3 N–H and O–H groups in total. The second kappa shape index (κ2) is 7.03. The number of hydrogen-bond acceptors (Lipinski definition) is 3. The summed E-state index contributed by atoms with van der Waals surface area (Å²) < 4.78 is 19.1. The fraction of sp³-hybridized carbons (Fsp3) is 0.429. The molecule has 0 bridgehead atoms. The number of nitrogens with one attached hydrogen (secondary N) is 2. The van der Waals surface area contributed by atoms with Gasteiger partial charge in [-0.1, -0.05) is 0 Å². The lowest BCUT2D eigenvalue weighted by molar-refractivity contribution is 0.0187. The molecular weight excluding hydrogens is 279 g/mol. The number of amides is 2. The number of benzene rings is 1. The first-order valence-corrected chi connectivity index (χ1v) is 6.75. The number of carbonyl (C=O) groups is 2. The van der Waals surface area contributed by atoms with Crippen LogP contribution in [0, 0.1) is 5.82 Å². The summed E-state index contributed by atoms with van der Waals surface area (Å²) in [5, 5.41) is 13.7. The molecule has 6 nitrogen and oxygen atoms in total. The van der Waals surface area contributed by atoms with Gasteiger partial charge < -0.3 is 20.5 Å². The van der Waals surface area contributed by atoms with Crippen molar-refractivity contribution in [3.8, 4) is 0 Å². The van der Waals surface area contributed by atoms with E-state index in [0.29, 0.717) is 13.2 Å². The van der Waals surface area contributed by atoms with Crippen molar-refractivity contribution >= 4 is 17.7 Å². The molecule has 0 saturated carbocycles. The Hall–Kier alpha value is -2.15. The third-order valence-electron chi connectivity index (χ3n) is 3.23. The molecule has 2 amide bonds. The predicted molar refractivity (Wildman–Crippen MR) is 74.0 cm³/mol. The topological polar surface area (TPSA) is 87.7 Å². The Balaban J connectivity index is 1.85. The highest BCUT2D eigenvalue weighted by Crippen LogP contribution is 2.16. The second-order valence-corrected chi connectivity index (χ2v) is 4.82. The van der Waals surface area contributed by atoms with Gasteiger partial charge in [0, 0.05) is 13.2 Å². The minimum atomic E-state index is -1.22. The van der Waals surface area contributed by atoms with E-state index in [2.05, 4.69) is 10.6 Å². The molecule has 2 rings (SSSR count). The van der Waals surface area contributed by atoms with Crippen molar-refractivity contribution in [3.63, 3.8) is 0 Å². The van der Waals surface area contributed by atoms with Crippen LogP contribution >= 0.6 is 0 Å². The number of carbonyl (C=O) groups excluding carboxylic acids is 1. The summed E-state index contributed by atoms with van der Waals surface area (Å²) in [6.45, 7) is 1.06. The molecule has 1 saturated heterocycles. The zero-order valence-corrected chi connectivity index (χ0v) is 11.4. The van der Waals surface area contributed by atoms with Gasteiger partial charge in [-0.25, -0.2) is 14.0 Å². The SMILES string of the molecule is O=C(NCC1CCCCO1)Nc1ccc(C(=O)O)cc1F. The van der Waals surface area contributed by atoms with E-state index in [0.717, 1.165) is 25.3 Å². The molecule has 1 atom stereocenters. The quantitative estimate of drug-likeness (QED) is 0.795. The Morgan fingerprint density at radius 3 is 2.81 bits per heavy atom. The van der Waals surface area contributed by atoms with Crippen molar-refractivity contribution < 1.29 is 23.8 Å². The smallest absolute Gasteiger partial charge is 0.335 e. The normalized spacial score (nSPS) is 18.0. The van der Waals surface area contributed by atoms with Gasteiger partial charge in [0.1, 0.15) is 5.82 Å². The third-order valence-corrected chi connectivity index (χ3v) is 3.23. The van der Waals surface area contributed by atoms with E-state index >= 15 is 0 Å². The van der Waals surface area contributed by atoms with Gasteiger partial charge in [-0.05, 0) is 37.5 Å². The predicted octanol–water partition coefficient (Wildman–Crippen LogP) is 2.21. The lowest BCUT2D eigenvalue weighted by Crippen LogP contribution is -2.37. The van der Waals surface area contributed by atoms with Gasteiger partial charge in [-0.3, -0.25) is 0 Å². The van der Waals surface area contributed by atoms with E-state index in [1.54, 1.807) is 0 Å². The number of hydrogen-bond donors (Lipinski definition) is 3. The van der Waals surface area contributed by atoms with Gasteiger partial charge in [-0.15, -0.1) is 0 Å². The van der Waals surface area contributed by atoms with E-state index in [-0.39, 0.29) is 17.4 Å². The van der Waals surface area contributed by atoms with Crippen LogP contribution in [0.15, 0.2) is 18.2 Å². The molecule has 1 aliphatic rings. The number of halogens is 1. The van der Waals surface area contributed by atoms with Crippen LogP contribution in [0.1, 0.15) is 29.6 Å². The van der Waals surface area contributed by atoms with E-state index in [1.165, 1.54) is 12.1 Å². The maximum atomic E-state index is 13.6. The summed E-state index contributed by atoms with van der Waals surface area (Å²) in [6.07, 6.45) is 2.98. The molecular formula is C14H17FN2O4. The lowest BCUT2D eigenvalue weighted by atomic mass is 10.1. The van der Waals surface area contributed by atoms with Crippen molar-refractivity contribution in [3.05, 3.63) is 29.6 Å². The standard InChI is InChI=1S/C14H17FN2O4/c15-11-7-9(13(18)19)4-5-12(11)17-14(20)16-8-10-3-1-2-6-21-10/h4-5,7,10H,1-3,6,8H2,(H,18,19)(H2,16,17,20). The van der Waals surface area contributed by atoms with Gasteiger partial charge in [-0.2, -0.15) is 0 Å². The van der Waals surface area contributed by atoms with Gasteiger partial charge in [0.2, 0.25) is 0 Å². The highest BCUT2D eigenvalue weighted by Gasteiger charge is 2.15. The van der Waals surface area contributed by atoms with Crippen LogP contribution in [-0.2, 0) is 4.74 Å². The molecule has 1 aliphatic heterocycles. The second-order valence-electron chi connectivity index (χ2n) is 4.82. The highest BCUT2D eigenvalue weighted by atomic mass is 19.1. The number of aromatic carboxylic acids is 1. The first kappa shape index (κ1) is 15.2. The molecule has 1 fully saturated rings. The van der Waals surface area contributed by atoms with Crippen molar-refractivity contribution in [2.24, 2.45) is 0 Å². The Kier molecular flexibility index (Phi) is 5.10. The van der Waals surface area contributed by atoms with E-state index in [9.17, 15) is 14.0 Å². The first-order chi connectivity index (χ1) is 10.1. The van der Waals surface area contributed by atoms with Gasteiger partial charge in [0.05, 0.1) is 17.4 Å². The van der Waals surface area contributed by atoms with Crippen molar-refractivity contribution in [2.75, 3.05) is 18.5 Å². The minimum Gasteiger partial charge on any atom is -0.478 e. The third kappa shape index (κ3) is 4.42. The average Bonchev–Trinajstić information content (AvgIpc) is 2.48. The molecule has 1 aromatic rings. The average molecular weight is 296 g/mol. The van der Waals surface area contributed by atoms with Crippen molar-refractivity contribution in [1.29, 1.82) is 0 Å². The maximum absolute atomic E-state index is 13.6. The van der Waals surface area contributed by atoms with Gasteiger partial charge >= 0.3 is 12.0 Å². The van der Waals surface area contributed by atoms with E-state index < -0.39 is 17.8 Å². The zero-order valence-electron chi connectivity index (χ0n) is 11.4. The summed E-state index contributed by atoms with van der Waals surface area (Å²) >= 11 is 0. The summed E-state index contributed by atoms with van der Waals surface area (Å²) in [4.78, 5) is 22.3. The van der Waals surface area contributed by atoms with E-state index in [4.69, 9.17) is 9.84 Å². The van der Waals surface area contributed by atoms with Crippen LogP contribution in [-0.4, -0.2) is 36.4 Å². The first-order valence-electron chi connectivity index (χ1n) is 6.75. The Bertz CT molecular complexity index is 530. The molecule has 0 spiro atoms. The van der Waals surface area contributed by atoms with Crippen LogP contribution in [0.2, 0.25) is 0 Å². The van der Waals surface area contributed by atoms with Crippen LogP contribution < -0.4 is 10.6 Å². The summed E-state index contributed by atoms with van der Waals surface area (Å²) in [6, 6.07) is 2.76. The van der Waals surface area contributed by atoms with E-state index in [1.807, 2.05) is 0 Å². The lowest BCUT2D eigenvalue weighted by Gasteiger charge is -2.22. The number of carboxylic acids is 1. The number of rotatable bonds is 4. The molecule has 1 unspecified atom stereocenters. The minimum absolute atomic E-state index is 0.0104. The molecule has 1 heterocycles. The largest absolute Gasteiger partial charge is 0.478 e. The summed E-state index contributed by atoms with van der Waals surface area (Å²) in [5.74, 6) is -2.02. The maximum Gasteiger partial charge on any atom is 0.335 e. The van der Waals surface area contributed by atoms with Crippen molar-refractivity contribution in [2.45, 2.75) is 25.4 Å². The van der Waals surface area contributed by atoms with Gasteiger partial charge in [0.25, 0.3) is 0 Å². The Morgan fingerprint density at radius 2 is 2.19 bits per heavy atom. The number of urea groups is 1. The van der Waals surface area contributed by atoms with Crippen LogP contribution in [0.5, 0.6) is 0 Å². The molecule has 1 aromatic carbocycles. The molecule has 7 heteroatoms. The van der Waals surface area contributed by atoms with Crippen LogP contribution in [0.25, 0.3) is 0 Å². The van der Waals surface area contributed by atoms with Gasteiger partial charge in [0.15, 0.2) is 0 Å². The molecule has 0 radical (unpaired) electrons. The fourth-order valence-corrected chi connectivity index (χ4v) is 2.09.